The standard InChI is InChI=1S/C30H41F3N4O2/c1-3-6-24-8-9-26(23-28(24)30(31,32)33)35-15-5-16-37(22-21-35)29(38)7-4-14-34-17-19-36(20-18-34)25-10-12-27(39-2)13-11-25/h8-13,23H,3-7,14-22H2,1-2H3. The number of carbonyl (C=O) groups excluding carboxylic acids is 1. The Morgan fingerprint density at radius 1 is 0.872 bits per heavy atom. The molecule has 0 N–H and O–H groups in total. The molecule has 39 heavy (non-hydrogen) atoms. The van der Waals surface area contributed by atoms with Gasteiger partial charge >= 0.3 is 6.18 Å². The van der Waals surface area contributed by atoms with Crippen LogP contribution in [0.5, 0.6) is 5.75 Å². The summed E-state index contributed by atoms with van der Waals surface area (Å²) in [5, 5.41) is 0. The minimum Gasteiger partial charge on any atom is -0.497 e. The summed E-state index contributed by atoms with van der Waals surface area (Å²) in [7, 11) is 1.67. The zero-order valence-electron chi connectivity index (χ0n) is 23.2. The van der Waals surface area contributed by atoms with Gasteiger partial charge in [0.25, 0.3) is 0 Å². The van der Waals surface area contributed by atoms with Gasteiger partial charge in [-0.05, 0) is 67.8 Å². The first kappa shape index (κ1) is 29.1. The van der Waals surface area contributed by atoms with Crippen molar-refractivity contribution in [3.63, 3.8) is 0 Å². The number of hydrogen-bond acceptors (Lipinski definition) is 5. The van der Waals surface area contributed by atoms with Crippen LogP contribution < -0.4 is 14.5 Å². The molecule has 2 aromatic carbocycles. The number of methoxy groups -OCH3 is 1. The van der Waals surface area contributed by atoms with E-state index >= 15 is 0 Å². The van der Waals surface area contributed by atoms with Crippen molar-refractivity contribution in [2.45, 2.75) is 45.2 Å². The van der Waals surface area contributed by atoms with Crippen LogP contribution in [0, 0.1) is 0 Å². The molecule has 0 unspecified atom stereocenters. The van der Waals surface area contributed by atoms with Gasteiger partial charge in [-0.15, -0.1) is 0 Å². The van der Waals surface area contributed by atoms with Crippen LogP contribution in [-0.4, -0.2) is 81.7 Å². The number of benzene rings is 2. The highest BCUT2D eigenvalue weighted by Crippen LogP contribution is 2.35. The fourth-order valence-electron chi connectivity index (χ4n) is 5.57. The Kier molecular flexibility index (Phi) is 9.99. The van der Waals surface area contributed by atoms with Gasteiger partial charge in [-0.2, -0.15) is 13.2 Å². The second-order valence-electron chi connectivity index (χ2n) is 10.4. The summed E-state index contributed by atoms with van der Waals surface area (Å²) in [6, 6.07) is 12.9. The second-order valence-corrected chi connectivity index (χ2v) is 10.4. The van der Waals surface area contributed by atoms with Crippen molar-refractivity contribution in [2.75, 3.05) is 75.8 Å². The lowest BCUT2D eigenvalue weighted by atomic mass is 10.0. The maximum Gasteiger partial charge on any atom is 0.416 e. The third-order valence-electron chi connectivity index (χ3n) is 7.81. The molecule has 2 heterocycles. The van der Waals surface area contributed by atoms with Crippen molar-refractivity contribution < 1.29 is 22.7 Å². The van der Waals surface area contributed by atoms with Crippen LogP contribution in [0.1, 0.15) is 43.7 Å². The lowest BCUT2D eigenvalue weighted by Gasteiger charge is -2.36. The van der Waals surface area contributed by atoms with Gasteiger partial charge in [0.15, 0.2) is 0 Å². The SMILES string of the molecule is CCCc1ccc(N2CCCN(C(=O)CCCN3CCN(c4ccc(OC)cc4)CC3)CC2)cc1C(F)(F)F. The Morgan fingerprint density at radius 2 is 1.54 bits per heavy atom. The predicted molar refractivity (Wildman–Crippen MR) is 150 cm³/mol. The van der Waals surface area contributed by atoms with Gasteiger partial charge in [0.05, 0.1) is 12.7 Å². The summed E-state index contributed by atoms with van der Waals surface area (Å²) >= 11 is 0. The Labute approximate surface area is 230 Å². The molecule has 0 aliphatic carbocycles. The third-order valence-corrected chi connectivity index (χ3v) is 7.81. The molecular formula is C30H41F3N4O2. The van der Waals surface area contributed by atoms with Crippen LogP contribution in [0.15, 0.2) is 42.5 Å². The van der Waals surface area contributed by atoms with Crippen LogP contribution >= 0.6 is 0 Å². The van der Waals surface area contributed by atoms with E-state index in [0.29, 0.717) is 56.7 Å². The fourth-order valence-corrected chi connectivity index (χ4v) is 5.57. The average molecular weight is 547 g/mol. The van der Waals surface area contributed by atoms with Crippen LogP contribution in [0.25, 0.3) is 0 Å². The number of aryl methyl sites for hydroxylation is 1. The van der Waals surface area contributed by atoms with Crippen LogP contribution in [0.4, 0.5) is 24.5 Å². The molecule has 4 rings (SSSR count). The van der Waals surface area contributed by atoms with Crippen LogP contribution in [0.3, 0.4) is 0 Å². The second kappa shape index (κ2) is 13.4. The smallest absolute Gasteiger partial charge is 0.416 e. The quantitative estimate of drug-likeness (QED) is 0.427. The monoisotopic (exact) mass is 546 g/mol. The summed E-state index contributed by atoms with van der Waals surface area (Å²) in [4.78, 5) is 21.6. The number of carbonyl (C=O) groups is 1. The molecule has 2 saturated heterocycles. The highest BCUT2D eigenvalue weighted by molar-refractivity contribution is 5.76. The molecule has 2 aromatic rings. The number of amides is 1. The van der Waals surface area contributed by atoms with E-state index in [9.17, 15) is 18.0 Å². The third kappa shape index (κ3) is 7.81. The fraction of sp³-hybridized carbons (Fsp3) is 0.567. The normalized spacial score (nSPS) is 17.3. The molecule has 1 amide bonds. The lowest BCUT2D eigenvalue weighted by molar-refractivity contribution is -0.138. The van der Waals surface area contributed by atoms with Crippen LogP contribution in [-0.2, 0) is 17.4 Å². The van der Waals surface area contributed by atoms with Crippen molar-refractivity contribution in [1.82, 2.24) is 9.80 Å². The summed E-state index contributed by atoms with van der Waals surface area (Å²) in [6.07, 6.45) is -1.22. The number of rotatable bonds is 9. The minimum atomic E-state index is -4.36. The van der Waals surface area contributed by atoms with E-state index in [1.165, 1.54) is 11.8 Å². The molecular weight excluding hydrogens is 505 g/mol. The lowest BCUT2D eigenvalue weighted by Crippen LogP contribution is -2.46. The number of anilines is 2. The molecule has 0 aromatic heterocycles. The average Bonchev–Trinajstić information content (AvgIpc) is 3.20. The molecule has 9 heteroatoms. The summed E-state index contributed by atoms with van der Waals surface area (Å²) in [6.45, 7) is 9.01. The maximum absolute atomic E-state index is 13.7. The molecule has 2 aliphatic rings. The number of halogens is 3. The molecule has 0 atom stereocenters. The van der Waals surface area contributed by atoms with Gasteiger partial charge in [-0.1, -0.05) is 19.4 Å². The van der Waals surface area contributed by atoms with Crippen LogP contribution in [0.2, 0.25) is 0 Å². The van der Waals surface area contributed by atoms with E-state index in [0.717, 1.165) is 51.3 Å². The highest BCUT2D eigenvalue weighted by Gasteiger charge is 2.34. The van der Waals surface area contributed by atoms with Gasteiger partial charge < -0.3 is 19.4 Å². The summed E-state index contributed by atoms with van der Waals surface area (Å²) in [5.74, 6) is 0.999. The highest BCUT2D eigenvalue weighted by atomic mass is 19.4. The predicted octanol–water partition coefficient (Wildman–Crippen LogP) is 5.31. The number of nitrogens with zero attached hydrogens (tertiary/aromatic N) is 4. The van der Waals surface area contributed by atoms with Gasteiger partial charge in [0, 0.05) is 70.2 Å². The Balaban J connectivity index is 1.21. The van der Waals surface area contributed by atoms with E-state index < -0.39 is 11.7 Å². The Bertz CT molecular complexity index is 1070. The zero-order valence-corrected chi connectivity index (χ0v) is 23.2. The van der Waals surface area contributed by atoms with Crippen molar-refractivity contribution in [2.24, 2.45) is 0 Å². The van der Waals surface area contributed by atoms with Gasteiger partial charge in [-0.3, -0.25) is 9.69 Å². The van der Waals surface area contributed by atoms with Crippen molar-refractivity contribution in [3.8, 4) is 5.75 Å². The number of ether oxygens (including phenoxy) is 1. The summed E-state index contributed by atoms with van der Waals surface area (Å²) < 4.78 is 46.2. The Hall–Kier alpha value is -2.94. The Morgan fingerprint density at radius 3 is 2.21 bits per heavy atom. The molecule has 0 bridgehead atoms. The molecule has 0 radical (unpaired) electrons. The minimum absolute atomic E-state index is 0.142. The first-order valence-corrected chi connectivity index (χ1v) is 14.1. The number of alkyl halides is 3. The number of piperazine rings is 1. The van der Waals surface area contributed by atoms with Crippen molar-refractivity contribution >= 4 is 17.3 Å². The molecule has 6 nitrogen and oxygen atoms in total. The maximum atomic E-state index is 13.7. The molecule has 0 spiro atoms. The van der Waals surface area contributed by atoms with E-state index in [1.54, 1.807) is 19.2 Å². The zero-order chi connectivity index (χ0) is 27.8. The largest absolute Gasteiger partial charge is 0.497 e. The van der Waals surface area contributed by atoms with Gasteiger partial charge in [0.1, 0.15) is 5.75 Å². The van der Waals surface area contributed by atoms with Crippen molar-refractivity contribution in [3.05, 3.63) is 53.6 Å². The first-order chi connectivity index (χ1) is 18.8. The van der Waals surface area contributed by atoms with Gasteiger partial charge in [-0.25, -0.2) is 0 Å². The summed E-state index contributed by atoms with van der Waals surface area (Å²) in [5.41, 5.74) is 1.60. The van der Waals surface area contributed by atoms with Crippen molar-refractivity contribution in [1.29, 1.82) is 0 Å². The topological polar surface area (TPSA) is 39.3 Å². The molecule has 0 saturated carbocycles. The van der Waals surface area contributed by atoms with E-state index in [-0.39, 0.29) is 5.91 Å². The van der Waals surface area contributed by atoms with E-state index in [2.05, 4.69) is 21.9 Å². The molecule has 214 valence electrons. The first-order valence-electron chi connectivity index (χ1n) is 14.1. The van der Waals surface area contributed by atoms with Gasteiger partial charge in [0.2, 0.25) is 5.91 Å². The molecule has 2 aliphatic heterocycles. The number of hydrogen-bond donors (Lipinski definition) is 0. The molecule has 2 fully saturated rings. The van der Waals surface area contributed by atoms with E-state index in [1.807, 2.05) is 28.9 Å². The van der Waals surface area contributed by atoms with E-state index in [4.69, 9.17) is 4.74 Å².